The fourth-order valence-corrected chi connectivity index (χ4v) is 6.48. The number of hydroxylamine groups is 1. The summed E-state index contributed by atoms with van der Waals surface area (Å²) in [5.74, 6) is -2.01. The number of sulfonamides is 1. The molecule has 2 saturated carbocycles. The highest BCUT2D eigenvalue weighted by atomic mass is 32.2. The number of nitrogens with zero attached hydrogens (tertiary/aromatic N) is 1. The Hall–Kier alpha value is -2.02. The van der Waals surface area contributed by atoms with E-state index in [1.807, 2.05) is 32.9 Å². The van der Waals surface area contributed by atoms with Crippen LogP contribution in [-0.4, -0.2) is 78.3 Å². The molecule has 11 nitrogen and oxygen atoms in total. The van der Waals surface area contributed by atoms with Crippen LogP contribution in [0.1, 0.15) is 78.6 Å². The zero-order chi connectivity index (χ0) is 27.7. The molecule has 0 unspecified atom stereocenters. The third-order valence-electron chi connectivity index (χ3n) is 7.59. The second-order valence-corrected chi connectivity index (χ2v) is 14.4. The lowest BCUT2D eigenvalue weighted by atomic mass is 9.99. The molecule has 2 aliphatic heterocycles. The van der Waals surface area contributed by atoms with Gasteiger partial charge in [-0.3, -0.25) is 19.1 Å². The molecule has 3 fully saturated rings. The van der Waals surface area contributed by atoms with E-state index in [4.69, 9.17) is 4.84 Å². The molecule has 0 radical (unpaired) electrons. The number of fused-ring (bicyclic) bond motifs is 2. The van der Waals surface area contributed by atoms with Crippen molar-refractivity contribution in [3.8, 4) is 0 Å². The van der Waals surface area contributed by atoms with Crippen molar-refractivity contribution in [2.45, 2.75) is 108 Å². The predicted octanol–water partition coefficient (Wildman–Crippen LogP) is 0.888. The quantitative estimate of drug-likeness (QED) is 0.279. The van der Waals surface area contributed by atoms with Gasteiger partial charge in [0, 0.05) is 18.9 Å². The first-order valence-electron chi connectivity index (χ1n) is 13.7. The number of nitrogens with one attached hydrogen (secondary N) is 3. The topological polar surface area (TPSA) is 154 Å². The summed E-state index contributed by atoms with van der Waals surface area (Å²) in [6.07, 6.45) is 8.12. The van der Waals surface area contributed by atoms with E-state index in [9.17, 15) is 27.9 Å². The molecule has 0 aromatic carbocycles. The number of carbonyl (C=O) groups is 3. The average Bonchev–Trinajstić information content (AvgIpc) is 3.73. The lowest BCUT2D eigenvalue weighted by Crippen LogP contribution is -2.58. The van der Waals surface area contributed by atoms with Crippen LogP contribution in [0.3, 0.4) is 0 Å². The average molecular weight is 555 g/mol. The summed E-state index contributed by atoms with van der Waals surface area (Å²) in [4.78, 5) is 47.4. The van der Waals surface area contributed by atoms with Crippen LogP contribution in [0.2, 0.25) is 0 Å². The van der Waals surface area contributed by atoms with Crippen molar-refractivity contribution in [2.24, 2.45) is 11.3 Å². The molecule has 214 valence electrons. The van der Waals surface area contributed by atoms with Crippen molar-refractivity contribution in [1.29, 1.82) is 0 Å². The lowest BCUT2D eigenvalue weighted by Gasteiger charge is -2.30. The van der Waals surface area contributed by atoms with Crippen molar-refractivity contribution in [3.05, 3.63) is 12.2 Å². The highest BCUT2D eigenvalue weighted by Crippen LogP contribution is 2.46. The van der Waals surface area contributed by atoms with E-state index in [1.165, 1.54) is 4.90 Å². The molecule has 4 aliphatic rings. The molecule has 1 saturated heterocycles. The Morgan fingerprint density at radius 2 is 1.95 bits per heavy atom. The van der Waals surface area contributed by atoms with Crippen LogP contribution in [0.5, 0.6) is 0 Å². The van der Waals surface area contributed by atoms with Crippen molar-refractivity contribution < 1.29 is 32.7 Å². The molecule has 0 aromatic rings. The zero-order valence-corrected chi connectivity index (χ0v) is 23.4. The third-order valence-corrected chi connectivity index (χ3v) is 9.41. The molecule has 2 aliphatic carbocycles. The van der Waals surface area contributed by atoms with Gasteiger partial charge in [-0.05, 0) is 43.9 Å². The predicted molar refractivity (Wildman–Crippen MR) is 140 cm³/mol. The van der Waals surface area contributed by atoms with Crippen LogP contribution in [-0.2, 0) is 29.2 Å². The first-order chi connectivity index (χ1) is 17.8. The summed E-state index contributed by atoms with van der Waals surface area (Å²) < 4.78 is 27.1. The van der Waals surface area contributed by atoms with Gasteiger partial charge in [-0.2, -0.15) is 5.48 Å². The van der Waals surface area contributed by atoms with Crippen molar-refractivity contribution in [1.82, 2.24) is 20.4 Å². The maximum absolute atomic E-state index is 13.6. The van der Waals surface area contributed by atoms with E-state index in [2.05, 4.69) is 15.5 Å². The van der Waals surface area contributed by atoms with Crippen LogP contribution in [0.4, 0.5) is 0 Å². The Bertz CT molecular complexity index is 1050. The monoisotopic (exact) mass is 554 g/mol. The molecular weight excluding hydrogens is 512 g/mol. The molecular formula is C26H42N4O7S. The summed E-state index contributed by atoms with van der Waals surface area (Å²) >= 11 is 0. The third kappa shape index (κ3) is 6.94. The minimum absolute atomic E-state index is 0.00699. The number of aliphatic hydroxyl groups is 1. The van der Waals surface area contributed by atoms with Gasteiger partial charge in [0.2, 0.25) is 21.8 Å². The van der Waals surface area contributed by atoms with Crippen LogP contribution in [0, 0.1) is 11.3 Å². The normalized spacial score (nSPS) is 33.8. The van der Waals surface area contributed by atoms with Crippen molar-refractivity contribution >= 4 is 27.7 Å². The van der Waals surface area contributed by atoms with Crippen LogP contribution >= 0.6 is 0 Å². The van der Waals surface area contributed by atoms with E-state index in [-0.39, 0.29) is 36.6 Å². The van der Waals surface area contributed by atoms with Gasteiger partial charge >= 0.3 is 0 Å². The molecule has 0 bridgehead atoms. The Balaban J connectivity index is 1.54. The van der Waals surface area contributed by atoms with Crippen LogP contribution in [0.15, 0.2) is 12.2 Å². The fraction of sp³-hybridized carbons (Fsp3) is 0.808. The van der Waals surface area contributed by atoms with Gasteiger partial charge in [0.05, 0.1) is 18.0 Å². The Kier molecular flexibility index (Phi) is 8.56. The minimum Gasteiger partial charge on any atom is -0.391 e. The Morgan fingerprint density at radius 1 is 1.21 bits per heavy atom. The maximum Gasteiger partial charge on any atom is 0.259 e. The van der Waals surface area contributed by atoms with Gasteiger partial charge in [-0.1, -0.05) is 45.8 Å². The molecule has 0 aromatic heterocycles. The van der Waals surface area contributed by atoms with E-state index in [0.29, 0.717) is 25.9 Å². The first kappa shape index (κ1) is 29.0. The van der Waals surface area contributed by atoms with E-state index < -0.39 is 50.8 Å². The summed E-state index contributed by atoms with van der Waals surface area (Å²) in [6.45, 7) is 6.43. The fourth-order valence-electron chi connectivity index (χ4n) is 5.11. The van der Waals surface area contributed by atoms with Gasteiger partial charge < -0.3 is 20.2 Å². The van der Waals surface area contributed by atoms with Gasteiger partial charge in [0.25, 0.3) is 5.91 Å². The van der Waals surface area contributed by atoms with Gasteiger partial charge in [0.1, 0.15) is 17.6 Å². The standard InChI is InChI=1S/C26H42N4O7S/c1-25(2,3)16-37-28-20-10-8-6-4-5-7-9-17-14-26(17,24(34)29-38(35,36)19-11-12-19)27-22(32)21-13-18(31)15-30(21)23(20)33/h7,9,17-21,28,31H,4-6,8,10-16H2,1-3H3,(H,27,32)(H,29,34)/b9-7-/t17-,18-,20+,21+,26-/m1/s1. The zero-order valence-electron chi connectivity index (χ0n) is 22.6. The largest absolute Gasteiger partial charge is 0.391 e. The minimum atomic E-state index is -3.79. The second-order valence-electron chi connectivity index (χ2n) is 12.4. The SMILES string of the molecule is CC(C)(C)CON[C@H]1CCCCC/C=C\[C@@H]2C[C@@]2(C(=O)NS(=O)(=O)C2CC2)NC(=O)[C@@H]2C[C@@H](O)CN2C1=O. The number of amides is 3. The van der Waals surface area contributed by atoms with E-state index in [1.54, 1.807) is 0 Å². The van der Waals surface area contributed by atoms with Gasteiger partial charge in [-0.15, -0.1) is 0 Å². The summed E-state index contributed by atoms with van der Waals surface area (Å²) in [5.41, 5.74) is 1.39. The number of hydrogen-bond acceptors (Lipinski definition) is 8. The molecule has 3 amide bonds. The summed E-state index contributed by atoms with van der Waals surface area (Å²) in [6, 6.07) is -1.67. The Labute approximate surface area is 225 Å². The molecule has 5 atom stereocenters. The van der Waals surface area contributed by atoms with Gasteiger partial charge in [-0.25, -0.2) is 8.42 Å². The molecule has 4 N–H and O–H groups in total. The second kappa shape index (κ2) is 11.2. The number of aliphatic hydroxyl groups excluding tert-OH is 1. The number of allylic oxidation sites excluding steroid dienone is 1. The van der Waals surface area contributed by atoms with Crippen molar-refractivity contribution in [3.63, 3.8) is 0 Å². The molecule has 2 heterocycles. The van der Waals surface area contributed by atoms with E-state index >= 15 is 0 Å². The number of hydrogen-bond donors (Lipinski definition) is 4. The van der Waals surface area contributed by atoms with Crippen molar-refractivity contribution in [2.75, 3.05) is 13.2 Å². The number of rotatable bonds is 6. The van der Waals surface area contributed by atoms with Crippen LogP contribution < -0.4 is 15.5 Å². The first-order valence-corrected chi connectivity index (χ1v) is 15.3. The highest BCUT2D eigenvalue weighted by molar-refractivity contribution is 7.91. The summed E-state index contributed by atoms with van der Waals surface area (Å²) in [5, 5.41) is 12.6. The molecule has 38 heavy (non-hydrogen) atoms. The Morgan fingerprint density at radius 3 is 2.63 bits per heavy atom. The number of carbonyl (C=O) groups excluding carboxylic acids is 3. The highest BCUT2D eigenvalue weighted by Gasteiger charge is 2.62. The lowest BCUT2D eigenvalue weighted by molar-refractivity contribution is -0.145. The van der Waals surface area contributed by atoms with Gasteiger partial charge in [0.15, 0.2) is 0 Å². The smallest absolute Gasteiger partial charge is 0.259 e. The molecule has 0 spiro atoms. The van der Waals surface area contributed by atoms with Crippen LogP contribution in [0.25, 0.3) is 0 Å². The maximum atomic E-state index is 13.6. The molecule has 4 rings (SSSR count). The molecule has 12 heteroatoms. The summed E-state index contributed by atoms with van der Waals surface area (Å²) in [7, 11) is -3.79. The van der Waals surface area contributed by atoms with E-state index in [0.717, 1.165) is 25.7 Å².